The van der Waals surface area contributed by atoms with E-state index in [1.807, 2.05) is 20.2 Å². The smallest absolute Gasteiger partial charge is 0.238 e. The number of aromatic nitrogens is 1. The van der Waals surface area contributed by atoms with E-state index < -0.39 is 0 Å². The number of nitrogens with one attached hydrogen (secondary N) is 2. The van der Waals surface area contributed by atoms with Crippen molar-refractivity contribution in [2.24, 2.45) is 5.73 Å². The van der Waals surface area contributed by atoms with E-state index in [4.69, 9.17) is 5.73 Å². The monoisotopic (exact) mass is 251 g/mol. The number of anilines is 2. The van der Waals surface area contributed by atoms with Crippen molar-refractivity contribution < 1.29 is 4.79 Å². The number of hydrogen-bond acceptors (Lipinski definition) is 5. The topological polar surface area (TPSA) is 83.3 Å². The van der Waals surface area contributed by atoms with Gasteiger partial charge in [-0.3, -0.25) is 4.79 Å². The van der Waals surface area contributed by atoms with Crippen LogP contribution in [0.5, 0.6) is 0 Å². The molecule has 0 aliphatic rings. The van der Waals surface area contributed by atoms with Crippen LogP contribution in [0.2, 0.25) is 0 Å². The van der Waals surface area contributed by atoms with Gasteiger partial charge in [0, 0.05) is 6.54 Å². The number of pyridine rings is 1. The fraction of sp³-hybridized carbons (Fsp3) is 0.500. The minimum absolute atomic E-state index is 0.0233. The molecule has 1 heterocycles. The molecular formula is C12H21N5O. The predicted octanol–water partition coefficient (Wildman–Crippen LogP) is 0.342. The number of hydrogen-bond donors (Lipinski definition) is 3. The van der Waals surface area contributed by atoms with Crippen LogP contribution in [-0.2, 0) is 4.79 Å². The Bertz CT molecular complexity index is 363. The van der Waals surface area contributed by atoms with Crippen LogP contribution in [0.4, 0.5) is 11.5 Å². The Morgan fingerprint density at radius 1 is 1.44 bits per heavy atom. The normalized spacial score (nSPS) is 10.4. The van der Waals surface area contributed by atoms with Crippen LogP contribution in [0, 0.1) is 0 Å². The zero-order valence-electron chi connectivity index (χ0n) is 10.9. The van der Waals surface area contributed by atoms with Crippen molar-refractivity contribution in [2.45, 2.75) is 6.42 Å². The molecular weight excluding hydrogens is 230 g/mol. The third-order valence-electron chi connectivity index (χ3n) is 2.32. The first kappa shape index (κ1) is 14.4. The Hall–Kier alpha value is -1.66. The van der Waals surface area contributed by atoms with Crippen LogP contribution in [0.15, 0.2) is 18.3 Å². The minimum Gasteiger partial charge on any atom is -0.370 e. The van der Waals surface area contributed by atoms with E-state index in [0.29, 0.717) is 5.69 Å². The van der Waals surface area contributed by atoms with Gasteiger partial charge in [-0.1, -0.05) is 0 Å². The summed E-state index contributed by atoms with van der Waals surface area (Å²) in [4.78, 5) is 17.4. The van der Waals surface area contributed by atoms with Gasteiger partial charge in [-0.15, -0.1) is 0 Å². The summed E-state index contributed by atoms with van der Waals surface area (Å²) in [6.07, 6.45) is 2.67. The maximum atomic E-state index is 11.1. The lowest BCUT2D eigenvalue weighted by atomic mass is 10.3. The molecule has 0 fully saturated rings. The van der Waals surface area contributed by atoms with Gasteiger partial charge < -0.3 is 21.3 Å². The fourth-order valence-electron chi connectivity index (χ4n) is 1.40. The Morgan fingerprint density at radius 3 is 2.78 bits per heavy atom. The van der Waals surface area contributed by atoms with E-state index in [2.05, 4.69) is 20.5 Å². The van der Waals surface area contributed by atoms with Gasteiger partial charge in [0.05, 0.1) is 18.4 Å². The first-order chi connectivity index (χ1) is 8.61. The lowest BCUT2D eigenvalue weighted by Gasteiger charge is -2.10. The molecule has 0 radical (unpaired) electrons. The first-order valence-electron chi connectivity index (χ1n) is 5.96. The molecule has 4 N–H and O–H groups in total. The minimum atomic E-state index is -0.219. The quantitative estimate of drug-likeness (QED) is 0.609. The highest BCUT2D eigenvalue weighted by Crippen LogP contribution is 2.09. The number of rotatable bonds is 7. The van der Waals surface area contributed by atoms with Crippen LogP contribution in [0.1, 0.15) is 6.42 Å². The van der Waals surface area contributed by atoms with E-state index in [0.717, 1.165) is 25.3 Å². The Morgan fingerprint density at radius 2 is 2.22 bits per heavy atom. The van der Waals surface area contributed by atoms with Gasteiger partial charge in [0.2, 0.25) is 5.91 Å². The van der Waals surface area contributed by atoms with Crippen molar-refractivity contribution in [3.63, 3.8) is 0 Å². The molecule has 6 heteroatoms. The molecule has 1 rings (SSSR count). The second-order valence-corrected chi connectivity index (χ2v) is 4.27. The zero-order chi connectivity index (χ0) is 13.4. The lowest BCUT2D eigenvalue weighted by Crippen LogP contribution is -2.21. The van der Waals surface area contributed by atoms with E-state index in [9.17, 15) is 4.79 Å². The van der Waals surface area contributed by atoms with Crippen LogP contribution in [-0.4, -0.2) is 49.5 Å². The summed E-state index contributed by atoms with van der Waals surface area (Å²) in [5, 5.41) is 5.86. The Labute approximate surface area is 108 Å². The molecule has 18 heavy (non-hydrogen) atoms. The van der Waals surface area contributed by atoms with Crippen LogP contribution in [0.25, 0.3) is 0 Å². The van der Waals surface area contributed by atoms with Crippen LogP contribution in [0.3, 0.4) is 0 Å². The standard InChI is InChI=1S/C12H21N5O/c1-17(2)7-3-6-14-11-5-4-10(9-15-11)16-12(18)8-13/h4-5,9H,3,6-8,13H2,1-2H3,(H,14,15)(H,16,18). The SMILES string of the molecule is CN(C)CCCNc1ccc(NC(=O)CN)cn1. The van der Waals surface area contributed by atoms with Crippen LogP contribution >= 0.6 is 0 Å². The molecule has 1 amide bonds. The highest BCUT2D eigenvalue weighted by Gasteiger charge is 2.00. The maximum Gasteiger partial charge on any atom is 0.238 e. The summed E-state index contributed by atoms with van der Waals surface area (Å²) in [5.41, 5.74) is 5.86. The van der Waals surface area contributed by atoms with Crippen LogP contribution < -0.4 is 16.4 Å². The molecule has 0 aromatic carbocycles. The number of nitrogens with two attached hydrogens (primary N) is 1. The van der Waals surface area contributed by atoms with Crippen molar-refractivity contribution >= 4 is 17.4 Å². The molecule has 0 bridgehead atoms. The predicted molar refractivity (Wildman–Crippen MR) is 73.6 cm³/mol. The Balaban J connectivity index is 2.33. The third-order valence-corrected chi connectivity index (χ3v) is 2.32. The second-order valence-electron chi connectivity index (χ2n) is 4.27. The molecule has 0 saturated carbocycles. The highest BCUT2D eigenvalue weighted by atomic mass is 16.1. The van der Waals surface area contributed by atoms with Crippen molar-refractivity contribution in [3.05, 3.63) is 18.3 Å². The molecule has 1 aromatic heterocycles. The lowest BCUT2D eigenvalue weighted by molar-refractivity contribution is -0.114. The average molecular weight is 251 g/mol. The number of amides is 1. The molecule has 0 atom stereocenters. The van der Waals surface area contributed by atoms with Crippen molar-refractivity contribution in [1.82, 2.24) is 9.88 Å². The summed E-state index contributed by atoms with van der Waals surface area (Å²) < 4.78 is 0. The Kier molecular flexibility index (Phi) is 6.10. The summed E-state index contributed by atoms with van der Waals surface area (Å²) in [6.45, 7) is 1.89. The summed E-state index contributed by atoms with van der Waals surface area (Å²) in [7, 11) is 4.10. The molecule has 0 aliphatic heterocycles. The molecule has 100 valence electrons. The van der Waals surface area contributed by atoms with Gasteiger partial charge in [-0.25, -0.2) is 4.98 Å². The highest BCUT2D eigenvalue weighted by molar-refractivity contribution is 5.91. The van der Waals surface area contributed by atoms with Gasteiger partial charge in [0.25, 0.3) is 0 Å². The molecule has 0 aliphatic carbocycles. The molecule has 0 unspecified atom stereocenters. The summed E-state index contributed by atoms with van der Waals surface area (Å²) in [6, 6.07) is 3.64. The molecule has 6 nitrogen and oxygen atoms in total. The summed E-state index contributed by atoms with van der Waals surface area (Å²) >= 11 is 0. The van der Waals surface area contributed by atoms with E-state index in [1.165, 1.54) is 0 Å². The largest absolute Gasteiger partial charge is 0.370 e. The number of carbonyl (C=O) groups excluding carboxylic acids is 1. The average Bonchev–Trinajstić information content (AvgIpc) is 2.36. The molecule has 0 spiro atoms. The van der Waals surface area contributed by atoms with Gasteiger partial charge in [-0.2, -0.15) is 0 Å². The number of carbonyl (C=O) groups is 1. The van der Waals surface area contributed by atoms with Gasteiger partial charge >= 0.3 is 0 Å². The van der Waals surface area contributed by atoms with Crippen molar-refractivity contribution in [2.75, 3.05) is 44.4 Å². The van der Waals surface area contributed by atoms with Crippen molar-refractivity contribution in [1.29, 1.82) is 0 Å². The van der Waals surface area contributed by atoms with Gasteiger partial charge in [-0.05, 0) is 39.2 Å². The first-order valence-corrected chi connectivity index (χ1v) is 5.96. The molecule has 1 aromatic rings. The van der Waals surface area contributed by atoms with Gasteiger partial charge in [0.1, 0.15) is 5.82 Å². The van der Waals surface area contributed by atoms with E-state index in [-0.39, 0.29) is 12.5 Å². The second kappa shape index (κ2) is 7.62. The zero-order valence-corrected chi connectivity index (χ0v) is 10.9. The summed E-state index contributed by atoms with van der Waals surface area (Å²) in [5.74, 6) is 0.586. The molecule has 0 saturated heterocycles. The fourth-order valence-corrected chi connectivity index (χ4v) is 1.40. The third kappa shape index (κ3) is 5.60. The number of nitrogens with zero attached hydrogens (tertiary/aromatic N) is 2. The van der Waals surface area contributed by atoms with Crippen molar-refractivity contribution in [3.8, 4) is 0 Å². The maximum absolute atomic E-state index is 11.1. The van der Waals surface area contributed by atoms with Gasteiger partial charge in [0.15, 0.2) is 0 Å². The van der Waals surface area contributed by atoms with E-state index in [1.54, 1.807) is 12.3 Å². The van der Waals surface area contributed by atoms with E-state index >= 15 is 0 Å².